The lowest BCUT2D eigenvalue weighted by atomic mass is 10.0. The first-order chi connectivity index (χ1) is 8.76. The summed E-state index contributed by atoms with van der Waals surface area (Å²) >= 11 is 3.45. The minimum absolute atomic E-state index is 0.501. The average Bonchev–Trinajstić information content (AvgIpc) is 2.43. The summed E-state index contributed by atoms with van der Waals surface area (Å²) in [6, 6.07) is 15.0. The lowest BCUT2D eigenvalue weighted by molar-refractivity contribution is 0.319. The van der Waals surface area contributed by atoms with Crippen LogP contribution in [0.4, 0.5) is 0 Å². The molecule has 0 fully saturated rings. The van der Waals surface area contributed by atoms with Gasteiger partial charge < -0.3 is 9.94 Å². The highest BCUT2D eigenvalue weighted by atomic mass is 79.9. The normalized spacial score (nSPS) is 11.3. The number of benzene rings is 2. The number of oxime groups is 1. The maximum atomic E-state index is 9.25. The zero-order chi connectivity index (χ0) is 13.0. The summed E-state index contributed by atoms with van der Waals surface area (Å²) < 4.78 is 6.03. The van der Waals surface area contributed by atoms with Gasteiger partial charge in [-0.3, -0.25) is 0 Å². The molecule has 0 aliphatic heterocycles. The third-order valence-electron chi connectivity index (χ3n) is 2.58. The Kier molecular flexibility index (Phi) is 3.99. The second-order valence-corrected chi connectivity index (χ2v) is 4.51. The van der Waals surface area contributed by atoms with Crippen molar-refractivity contribution < 1.29 is 9.94 Å². The van der Waals surface area contributed by atoms with Crippen molar-refractivity contribution in [2.45, 2.75) is 0 Å². The fourth-order valence-corrected chi connectivity index (χ4v) is 2.11. The van der Waals surface area contributed by atoms with E-state index in [1.54, 1.807) is 7.11 Å². The van der Waals surface area contributed by atoms with Crippen LogP contribution in [0.25, 0.3) is 0 Å². The molecule has 4 heteroatoms. The Morgan fingerprint density at radius 3 is 2.50 bits per heavy atom. The van der Waals surface area contributed by atoms with Crippen molar-refractivity contribution in [1.82, 2.24) is 0 Å². The van der Waals surface area contributed by atoms with Crippen LogP contribution < -0.4 is 4.74 Å². The van der Waals surface area contributed by atoms with Gasteiger partial charge in [0, 0.05) is 15.6 Å². The molecule has 0 unspecified atom stereocenters. The molecular formula is C14H12BrNO2. The summed E-state index contributed by atoms with van der Waals surface area (Å²) in [5, 5.41) is 12.6. The Morgan fingerprint density at radius 1 is 1.17 bits per heavy atom. The summed E-state index contributed by atoms with van der Waals surface area (Å²) in [6.07, 6.45) is 0. The van der Waals surface area contributed by atoms with Gasteiger partial charge in [-0.25, -0.2) is 0 Å². The molecule has 18 heavy (non-hydrogen) atoms. The average molecular weight is 306 g/mol. The molecule has 3 nitrogen and oxygen atoms in total. The van der Waals surface area contributed by atoms with E-state index >= 15 is 0 Å². The summed E-state index contributed by atoms with van der Waals surface area (Å²) in [5.41, 5.74) is 2.12. The van der Waals surface area contributed by atoms with Crippen molar-refractivity contribution in [3.63, 3.8) is 0 Å². The van der Waals surface area contributed by atoms with Crippen molar-refractivity contribution in [2.75, 3.05) is 7.11 Å². The Labute approximate surface area is 114 Å². The molecule has 0 aliphatic carbocycles. The largest absolute Gasteiger partial charge is 0.497 e. The van der Waals surface area contributed by atoms with Gasteiger partial charge in [0.2, 0.25) is 0 Å². The molecule has 0 aliphatic rings. The highest BCUT2D eigenvalue weighted by Crippen LogP contribution is 2.25. The van der Waals surface area contributed by atoms with Gasteiger partial charge in [-0.15, -0.1) is 0 Å². The van der Waals surface area contributed by atoms with E-state index in [9.17, 15) is 5.21 Å². The molecule has 0 bridgehead atoms. The van der Waals surface area contributed by atoms with Crippen LogP contribution in [0.5, 0.6) is 5.75 Å². The van der Waals surface area contributed by atoms with Gasteiger partial charge in [0.15, 0.2) is 0 Å². The van der Waals surface area contributed by atoms with Crippen LogP contribution in [0.3, 0.4) is 0 Å². The van der Waals surface area contributed by atoms with Gasteiger partial charge in [0.05, 0.1) is 7.11 Å². The van der Waals surface area contributed by atoms with E-state index < -0.39 is 0 Å². The molecule has 2 aromatic rings. The first kappa shape index (κ1) is 12.6. The summed E-state index contributed by atoms with van der Waals surface area (Å²) in [4.78, 5) is 0. The van der Waals surface area contributed by atoms with Crippen molar-refractivity contribution in [1.29, 1.82) is 0 Å². The predicted octanol–water partition coefficient (Wildman–Crippen LogP) is 3.68. The Bertz CT molecular complexity index is 567. The number of hydrogen-bond donors (Lipinski definition) is 1. The second kappa shape index (κ2) is 5.69. The van der Waals surface area contributed by atoms with Gasteiger partial charge >= 0.3 is 0 Å². The molecule has 0 aromatic heterocycles. The second-order valence-electron chi connectivity index (χ2n) is 3.66. The summed E-state index contributed by atoms with van der Waals surface area (Å²) in [5.74, 6) is 0.713. The topological polar surface area (TPSA) is 41.8 Å². The van der Waals surface area contributed by atoms with Crippen LogP contribution in [-0.2, 0) is 0 Å². The first-order valence-electron chi connectivity index (χ1n) is 5.37. The number of halogens is 1. The minimum Gasteiger partial charge on any atom is -0.497 e. The third-order valence-corrected chi connectivity index (χ3v) is 3.27. The predicted molar refractivity (Wildman–Crippen MR) is 74.6 cm³/mol. The molecule has 0 saturated carbocycles. The smallest absolute Gasteiger partial charge is 0.119 e. The van der Waals surface area contributed by atoms with E-state index in [-0.39, 0.29) is 0 Å². The van der Waals surface area contributed by atoms with E-state index in [2.05, 4.69) is 21.1 Å². The van der Waals surface area contributed by atoms with E-state index in [4.69, 9.17) is 4.74 Å². The monoisotopic (exact) mass is 305 g/mol. The van der Waals surface area contributed by atoms with Crippen LogP contribution in [0, 0.1) is 0 Å². The zero-order valence-corrected chi connectivity index (χ0v) is 11.4. The molecule has 2 aromatic carbocycles. The molecular weight excluding hydrogens is 294 g/mol. The number of hydrogen-bond acceptors (Lipinski definition) is 3. The van der Waals surface area contributed by atoms with Gasteiger partial charge in [0.1, 0.15) is 11.5 Å². The highest BCUT2D eigenvalue weighted by Gasteiger charge is 2.12. The van der Waals surface area contributed by atoms with Crippen LogP contribution in [0.1, 0.15) is 11.1 Å². The maximum absolute atomic E-state index is 9.25. The van der Waals surface area contributed by atoms with Crippen LogP contribution in [0.2, 0.25) is 0 Å². The number of rotatable bonds is 3. The SMILES string of the molecule is COc1ccc(Br)c(/C(=N/O)c2ccccc2)c1. The molecule has 0 heterocycles. The Morgan fingerprint density at radius 2 is 1.89 bits per heavy atom. The number of ether oxygens (including phenoxy) is 1. The first-order valence-corrected chi connectivity index (χ1v) is 6.17. The minimum atomic E-state index is 0.501. The Balaban J connectivity index is 2.52. The van der Waals surface area contributed by atoms with Gasteiger partial charge in [-0.2, -0.15) is 0 Å². The molecule has 92 valence electrons. The van der Waals surface area contributed by atoms with Crippen molar-refractivity contribution in [3.8, 4) is 5.75 Å². The van der Waals surface area contributed by atoms with E-state index in [1.165, 1.54) is 0 Å². The molecule has 1 N–H and O–H groups in total. The third kappa shape index (κ3) is 2.54. The van der Waals surface area contributed by atoms with Crippen LogP contribution in [0.15, 0.2) is 58.2 Å². The van der Waals surface area contributed by atoms with Gasteiger partial charge in [-0.1, -0.05) is 51.4 Å². The lowest BCUT2D eigenvalue weighted by Gasteiger charge is -2.09. The fraction of sp³-hybridized carbons (Fsp3) is 0.0714. The van der Waals surface area contributed by atoms with Crippen molar-refractivity contribution >= 4 is 21.6 Å². The summed E-state index contributed by atoms with van der Waals surface area (Å²) in [6.45, 7) is 0. The zero-order valence-electron chi connectivity index (χ0n) is 9.80. The molecule has 0 radical (unpaired) electrons. The lowest BCUT2D eigenvalue weighted by Crippen LogP contribution is -2.04. The fourth-order valence-electron chi connectivity index (χ4n) is 1.68. The number of methoxy groups -OCH3 is 1. The van der Waals surface area contributed by atoms with E-state index in [0.29, 0.717) is 11.5 Å². The summed E-state index contributed by atoms with van der Waals surface area (Å²) in [7, 11) is 1.60. The van der Waals surface area contributed by atoms with Crippen molar-refractivity contribution in [2.24, 2.45) is 5.16 Å². The molecule has 2 rings (SSSR count). The standard InChI is InChI=1S/C14H12BrNO2/c1-18-11-7-8-13(15)12(9-11)14(16-17)10-5-3-2-4-6-10/h2-9,17H,1H3/b16-14+. The molecule has 0 saturated heterocycles. The number of nitrogens with zero attached hydrogens (tertiary/aromatic N) is 1. The Hall–Kier alpha value is -1.81. The maximum Gasteiger partial charge on any atom is 0.119 e. The van der Waals surface area contributed by atoms with E-state index in [0.717, 1.165) is 15.6 Å². The molecule has 0 atom stereocenters. The molecule has 0 spiro atoms. The van der Waals surface area contributed by atoms with Crippen LogP contribution >= 0.6 is 15.9 Å². The van der Waals surface area contributed by atoms with Crippen molar-refractivity contribution in [3.05, 3.63) is 64.1 Å². The quantitative estimate of drug-likeness (QED) is 0.534. The molecule has 0 amide bonds. The van der Waals surface area contributed by atoms with Crippen LogP contribution in [-0.4, -0.2) is 18.0 Å². The van der Waals surface area contributed by atoms with Gasteiger partial charge in [-0.05, 0) is 18.2 Å². The highest BCUT2D eigenvalue weighted by molar-refractivity contribution is 9.10. The van der Waals surface area contributed by atoms with E-state index in [1.807, 2.05) is 48.5 Å². The van der Waals surface area contributed by atoms with Gasteiger partial charge in [0.25, 0.3) is 0 Å².